The molecule has 0 aliphatic heterocycles. The molecular formula is C27H24N2O2. The number of imidazole rings is 1. The minimum atomic E-state index is -0.923. The number of hydrogen-bond acceptors (Lipinski definition) is 2. The molecule has 1 aliphatic carbocycles. The van der Waals surface area contributed by atoms with Gasteiger partial charge in [0.05, 0.1) is 16.6 Å². The van der Waals surface area contributed by atoms with Crippen LogP contribution in [0.15, 0.2) is 72.8 Å². The molecule has 0 radical (unpaired) electrons. The van der Waals surface area contributed by atoms with Crippen molar-refractivity contribution in [2.75, 3.05) is 0 Å². The molecule has 0 spiro atoms. The number of nitrogens with zero attached hydrogens (tertiary/aromatic N) is 2. The van der Waals surface area contributed by atoms with Crippen LogP contribution in [0.2, 0.25) is 0 Å². The van der Waals surface area contributed by atoms with Crippen LogP contribution in [0, 0.1) is 0 Å². The van der Waals surface area contributed by atoms with Gasteiger partial charge in [0.1, 0.15) is 5.82 Å². The van der Waals surface area contributed by atoms with Gasteiger partial charge in [-0.3, -0.25) is 0 Å². The minimum Gasteiger partial charge on any atom is -0.478 e. The van der Waals surface area contributed by atoms with E-state index in [1.807, 2.05) is 24.3 Å². The van der Waals surface area contributed by atoms with Gasteiger partial charge in [0.2, 0.25) is 0 Å². The minimum absolute atomic E-state index is 0.275. The lowest BCUT2D eigenvalue weighted by Gasteiger charge is -2.16. The summed E-state index contributed by atoms with van der Waals surface area (Å²) in [5, 5.41) is 9.37. The van der Waals surface area contributed by atoms with Gasteiger partial charge in [0, 0.05) is 11.6 Å². The lowest BCUT2D eigenvalue weighted by molar-refractivity contribution is 0.0697. The molecule has 4 heteroatoms. The van der Waals surface area contributed by atoms with Gasteiger partial charge in [-0.1, -0.05) is 79.6 Å². The molecule has 1 heterocycles. The fourth-order valence-corrected chi connectivity index (χ4v) is 4.47. The van der Waals surface area contributed by atoms with E-state index in [1.165, 1.54) is 18.4 Å². The third-order valence-electron chi connectivity index (χ3n) is 6.06. The molecule has 3 aromatic carbocycles. The van der Waals surface area contributed by atoms with Crippen molar-refractivity contribution >= 4 is 29.2 Å². The lowest BCUT2D eigenvalue weighted by Crippen LogP contribution is -2.06. The molecule has 1 fully saturated rings. The van der Waals surface area contributed by atoms with Gasteiger partial charge < -0.3 is 9.67 Å². The van der Waals surface area contributed by atoms with E-state index in [4.69, 9.17) is 4.98 Å². The molecule has 31 heavy (non-hydrogen) atoms. The molecule has 1 aliphatic rings. The summed E-state index contributed by atoms with van der Waals surface area (Å²) in [6, 6.07) is 24.4. The fourth-order valence-electron chi connectivity index (χ4n) is 4.47. The highest BCUT2D eigenvalue weighted by atomic mass is 16.4. The highest BCUT2D eigenvalue weighted by molar-refractivity contribution is 5.93. The van der Waals surface area contributed by atoms with E-state index in [-0.39, 0.29) is 5.56 Å². The Hall–Kier alpha value is -3.66. The van der Waals surface area contributed by atoms with Crippen molar-refractivity contribution in [3.8, 4) is 11.4 Å². The predicted octanol–water partition coefficient (Wildman–Crippen LogP) is 6.69. The third kappa shape index (κ3) is 3.89. The Morgan fingerprint density at radius 3 is 2.26 bits per heavy atom. The Kier molecular flexibility index (Phi) is 5.13. The second-order valence-corrected chi connectivity index (χ2v) is 8.12. The van der Waals surface area contributed by atoms with Crippen LogP contribution in [-0.2, 0) is 0 Å². The number of hydrogen-bond donors (Lipinski definition) is 1. The molecular weight excluding hydrogens is 384 g/mol. The molecule has 4 aromatic rings. The molecule has 1 N–H and O–H groups in total. The summed E-state index contributed by atoms with van der Waals surface area (Å²) in [5.74, 6) is -0.00329. The zero-order valence-electron chi connectivity index (χ0n) is 17.2. The van der Waals surface area contributed by atoms with Crippen LogP contribution in [0.3, 0.4) is 0 Å². The maximum atomic E-state index is 11.4. The summed E-state index contributed by atoms with van der Waals surface area (Å²) in [6.07, 6.45) is 8.93. The van der Waals surface area contributed by atoms with E-state index in [1.54, 1.807) is 12.1 Å². The second kappa shape index (κ2) is 8.23. The molecule has 0 unspecified atom stereocenters. The van der Waals surface area contributed by atoms with Gasteiger partial charge in [-0.05, 0) is 42.2 Å². The van der Waals surface area contributed by atoms with Gasteiger partial charge >= 0.3 is 5.97 Å². The second-order valence-electron chi connectivity index (χ2n) is 8.12. The topological polar surface area (TPSA) is 55.1 Å². The highest BCUT2D eigenvalue weighted by Crippen LogP contribution is 2.37. The SMILES string of the molecule is O=C(O)c1ccc2c(c1)nc(-c1ccc(C=Cc3ccccc3)cc1)n2C1CCCC1. The monoisotopic (exact) mass is 408 g/mol. The van der Waals surface area contributed by atoms with E-state index in [0.717, 1.165) is 40.8 Å². The molecule has 1 saturated carbocycles. The Balaban J connectivity index is 1.53. The molecule has 0 amide bonds. The number of carbonyl (C=O) groups is 1. The maximum absolute atomic E-state index is 11.4. The van der Waals surface area contributed by atoms with Crippen LogP contribution in [0.1, 0.15) is 53.2 Å². The van der Waals surface area contributed by atoms with E-state index in [2.05, 4.69) is 53.1 Å². The quantitative estimate of drug-likeness (QED) is 0.374. The van der Waals surface area contributed by atoms with E-state index >= 15 is 0 Å². The lowest BCUT2D eigenvalue weighted by atomic mass is 10.1. The molecule has 154 valence electrons. The van der Waals surface area contributed by atoms with E-state index in [0.29, 0.717) is 6.04 Å². The van der Waals surface area contributed by atoms with Gasteiger partial charge in [-0.25, -0.2) is 9.78 Å². The van der Waals surface area contributed by atoms with Crippen molar-refractivity contribution in [2.45, 2.75) is 31.7 Å². The number of rotatable bonds is 5. The summed E-state index contributed by atoms with van der Waals surface area (Å²) < 4.78 is 2.32. The predicted molar refractivity (Wildman–Crippen MR) is 125 cm³/mol. The molecule has 1 aromatic heterocycles. The van der Waals surface area contributed by atoms with Gasteiger partial charge in [0.15, 0.2) is 0 Å². The number of aromatic carboxylic acids is 1. The molecule has 0 atom stereocenters. The van der Waals surface area contributed by atoms with Gasteiger partial charge in [0.25, 0.3) is 0 Å². The number of fused-ring (bicyclic) bond motifs is 1. The van der Waals surface area contributed by atoms with Crippen LogP contribution >= 0.6 is 0 Å². The smallest absolute Gasteiger partial charge is 0.335 e. The van der Waals surface area contributed by atoms with Crippen LogP contribution in [0.4, 0.5) is 0 Å². The molecule has 5 rings (SSSR count). The number of benzene rings is 3. The molecule has 4 nitrogen and oxygen atoms in total. The van der Waals surface area contributed by atoms with Gasteiger partial charge in [-0.15, -0.1) is 0 Å². The van der Waals surface area contributed by atoms with Crippen LogP contribution < -0.4 is 0 Å². The van der Waals surface area contributed by atoms with Crippen molar-refractivity contribution in [3.63, 3.8) is 0 Å². The first-order chi connectivity index (χ1) is 15.2. The highest BCUT2D eigenvalue weighted by Gasteiger charge is 2.23. The summed E-state index contributed by atoms with van der Waals surface area (Å²) in [6.45, 7) is 0. The van der Waals surface area contributed by atoms with E-state index < -0.39 is 5.97 Å². The maximum Gasteiger partial charge on any atom is 0.335 e. The summed E-state index contributed by atoms with van der Waals surface area (Å²) in [4.78, 5) is 16.3. The Bertz CT molecular complexity index is 1250. The van der Waals surface area contributed by atoms with Crippen molar-refractivity contribution in [1.82, 2.24) is 9.55 Å². The van der Waals surface area contributed by atoms with Crippen LogP contribution in [0.5, 0.6) is 0 Å². The largest absolute Gasteiger partial charge is 0.478 e. The third-order valence-corrected chi connectivity index (χ3v) is 6.06. The zero-order valence-corrected chi connectivity index (χ0v) is 17.2. The zero-order chi connectivity index (χ0) is 21.2. The first-order valence-electron chi connectivity index (χ1n) is 10.8. The van der Waals surface area contributed by atoms with Crippen molar-refractivity contribution in [2.24, 2.45) is 0 Å². The average molecular weight is 409 g/mol. The number of carboxylic acids is 1. The first-order valence-corrected chi connectivity index (χ1v) is 10.8. The first kappa shape index (κ1) is 19.3. The fraction of sp³-hybridized carbons (Fsp3) is 0.185. The Morgan fingerprint density at radius 2 is 1.58 bits per heavy atom. The Labute approximate surface area is 181 Å². The summed E-state index contributed by atoms with van der Waals surface area (Å²) >= 11 is 0. The number of carboxylic acid groups (broad SMARTS) is 1. The van der Waals surface area contributed by atoms with E-state index in [9.17, 15) is 9.90 Å². The number of aromatic nitrogens is 2. The van der Waals surface area contributed by atoms with Gasteiger partial charge in [-0.2, -0.15) is 0 Å². The molecule has 0 bridgehead atoms. The average Bonchev–Trinajstić information content (AvgIpc) is 3.46. The molecule has 0 saturated heterocycles. The standard InChI is InChI=1S/C27H24N2O2/c30-27(31)22-16-17-25-24(18-22)28-26(29(25)23-8-4-5-9-23)21-14-12-20(13-15-21)11-10-19-6-2-1-3-7-19/h1-3,6-7,10-18,23H,4-5,8-9H2,(H,30,31). The summed E-state index contributed by atoms with van der Waals surface area (Å²) in [5.41, 5.74) is 5.39. The van der Waals surface area contributed by atoms with Crippen molar-refractivity contribution in [3.05, 3.63) is 89.5 Å². The van der Waals surface area contributed by atoms with Crippen molar-refractivity contribution < 1.29 is 9.90 Å². The van der Waals surface area contributed by atoms with Crippen molar-refractivity contribution in [1.29, 1.82) is 0 Å². The van der Waals surface area contributed by atoms with Crippen LogP contribution in [0.25, 0.3) is 34.6 Å². The normalized spacial score (nSPS) is 14.6. The Morgan fingerprint density at radius 1 is 0.903 bits per heavy atom. The summed E-state index contributed by atoms with van der Waals surface area (Å²) in [7, 11) is 0. The van der Waals surface area contributed by atoms with Crippen LogP contribution in [-0.4, -0.2) is 20.6 Å².